The van der Waals surface area contributed by atoms with E-state index in [9.17, 15) is 4.79 Å². The first-order valence-electron chi connectivity index (χ1n) is 9.02. The summed E-state index contributed by atoms with van der Waals surface area (Å²) in [5, 5.41) is -0.0927. The Labute approximate surface area is 164 Å². The molecule has 1 amide bonds. The van der Waals surface area contributed by atoms with Crippen LogP contribution in [0.5, 0.6) is 17.2 Å². The molecule has 3 rings (SSSR count). The SMILES string of the molecule is CCOc1ccccc1C1SCCC(=O)N1Cc1cccc(OC)c1OC. The predicted octanol–water partition coefficient (Wildman–Crippen LogP) is 4.27. The molecule has 1 fully saturated rings. The number of methoxy groups -OCH3 is 2. The molecule has 6 heteroatoms. The highest BCUT2D eigenvalue weighted by Crippen LogP contribution is 2.43. The van der Waals surface area contributed by atoms with Crippen LogP contribution in [0.4, 0.5) is 0 Å². The van der Waals surface area contributed by atoms with E-state index < -0.39 is 0 Å². The number of carbonyl (C=O) groups excluding carboxylic acids is 1. The van der Waals surface area contributed by atoms with Gasteiger partial charge in [0.15, 0.2) is 11.5 Å². The lowest BCUT2D eigenvalue weighted by molar-refractivity contribution is -0.132. The first kappa shape index (κ1) is 19.4. The minimum absolute atomic E-state index is 0.0927. The summed E-state index contributed by atoms with van der Waals surface area (Å²) in [6.07, 6.45) is 0.532. The molecule has 1 aliphatic rings. The highest BCUT2D eigenvalue weighted by Gasteiger charge is 2.32. The minimum atomic E-state index is -0.0927. The molecule has 0 spiro atoms. The summed E-state index contributed by atoms with van der Waals surface area (Å²) in [6, 6.07) is 13.7. The van der Waals surface area contributed by atoms with Gasteiger partial charge in [-0.05, 0) is 19.1 Å². The van der Waals surface area contributed by atoms with Gasteiger partial charge in [0.05, 0.1) is 27.4 Å². The van der Waals surface area contributed by atoms with Crippen LogP contribution in [0.15, 0.2) is 42.5 Å². The van der Waals surface area contributed by atoms with Gasteiger partial charge in [0.25, 0.3) is 0 Å². The number of para-hydroxylation sites is 2. The van der Waals surface area contributed by atoms with Gasteiger partial charge in [-0.2, -0.15) is 0 Å². The van der Waals surface area contributed by atoms with Crippen LogP contribution in [0.3, 0.4) is 0 Å². The molecule has 0 saturated carbocycles. The largest absolute Gasteiger partial charge is 0.493 e. The number of ether oxygens (including phenoxy) is 3. The topological polar surface area (TPSA) is 48.0 Å². The average Bonchev–Trinajstić information content (AvgIpc) is 2.70. The van der Waals surface area contributed by atoms with Crippen LogP contribution < -0.4 is 14.2 Å². The molecule has 27 heavy (non-hydrogen) atoms. The molecule has 2 aromatic rings. The smallest absolute Gasteiger partial charge is 0.224 e. The summed E-state index contributed by atoms with van der Waals surface area (Å²) in [7, 11) is 3.24. The van der Waals surface area contributed by atoms with Crippen LogP contribution in [0.1, 0.15) is 29.8 Å². The molecule has 1 saturated heterocycles. The maximum absolute atomic E-state index is 12.8. The second-order valence-electron chi connectivity index (χ2n) is 6.12. The molecule has 0 aromatic heterocycles. The monoisotopic (exact) mass is 387 g/mol. The van der Waals surface area contributed by atoms with Crippen LogP contribution in [0.25, 0.3) is 0 Å². The molecule has 1 aliphatic heterocycles. The lowest BCUT2D eigenvalue weighted by atomic mass is 10.1. The molecule has 1 unspecified atom stereocenters. The van der Waals surface area contributed by atoms with Crippen molar-refractivity contribution in [2.24, 2.45) is 0 Å². The van der Waals surface area contributed by atoms with Gasteiger partial charge >= 0.3 is 0 Å². The van der Waals surface area contributed by atoms with Crippen molar-refractivity contribution in [2.45, 2.75) is 25.3 Å². The van der Waals surface area contributed by atoms with Gasteiger partial charge in [-0.3, -0.25) is 4.79 Å². The summed E-state index contributed by atoms with van der Waals surface area (Å²) >= 11 is 1.76. The van der Waals surface area contributed by atoms with E-state index in [1.54, 1.807) is 26.0 Å². The van der Waals surface area contributed by atoms with Gasteiger partial charge in [-0.25, -0.2) is 0 Å². The van der Waals surface area contributed by atoms with Gasteiger partial charge in [-0.15, -0.1) is 11.8 Å². The first-order chi connectivity index (χ1) is 13.2. The lowest BCUT2D eigenvalue weighted by Gasteiger charge is -2.36. The quantitative estimate of drug-likeness (QED) is 0.710. The third-order valence-electron chi connectivity index (χ3n) is 4.51. The number of rotatable bonds is 7. The highest BCUT2D eigenvalue weighted by molar-refractivity contribution is 7.99. The van der Waals surface area contributed by atoms with Gasteiger partial charge in [0.1, 0.15) is 11.1 Å². The van der Waals surface area contributed by atoms with Crippen molar-refractivity contribution in [3.8, 4) is 17.2 Å². The average molecular weight is 388 g/mol. The molecule has 0 bridgehead atoms. The summed E-state index contributed by atoms with van der Waals surface area (Å²) in [4.78, 5) is 14.7. The fourth-order valence-corrected chi connectivity index (χ4v) is 4.55. The van der Waals surface area contributed by atoms with Crippen LogP contribution in [0.2, 0.25) is 0 Å². The van der Waals surface area contributed by atoms with Crippen LogP contribution in [-0.2, 0) is 11.3 Å². The Morgan fingerprint density at radius 1 is 1.07 bits per heavy atom. The van der Waals surface area contributed by atoms with E-state index in [1.807, 2.05) is 54.3 Å². The molecule has 1 atom stereocenters. The Morgan fingerprint density at radius 3 is 2.59 bits per heavy atom. The number of amides is 1. The van der Waals surface area contributed by atoms with Gasteiger partial charge in [0, 0.05) is 23.3 Å². The number of carbonyl (C=O) groups is 1. The summed E-state index contributed by atoms with van der Waals surface area (Å²) in [6.45, 7) is 3.01. The van der Waals surface area contributed by atoms with Crippen molar-refractivity contribution < 1.29 is 19.0 Å². The Kier molecular flexibility index (Phi) is 6.50. The third kappa shape index (κ3) is 4.16. The van der Waals surface area contributed by atoms with E-state index in [4.69, 9.17) is 14.2 Å². The van der Waals surface area contributed by atoms with Gasteiger partial charge in [0.2, 0.25) is 5.91 Å². The van der Waals surface area contributed by atoms with Gasteiger partial charge < -0.3 is 19.1 Å². The normalized spacial score (nSPS) is 16.9. The van der Waals surface area contributed by atoms with E-state index in [-0.39, 0.29) is 11.3 Å². The van der Waals surface area contributed by atoms with E-state index in [1.165, 1.54) is 0 Å². The molecule has 0 N–H and O–H groups in total. The summed E-state index contributed by atoms with van der Waals surface area (Å²) < 4.78 is 16.8. The van der Waals surface area contributed by atoms with Crippen molar-refractivity contribution in [2.75, 3.05) is 26.6 Å². The zero-order valence-electron chi connectivity index (χ0n) is 15.9. The zero-order chi connectivity index (χ0) is 19.2. The second kappa shape index (κ2) is 9.04. The fourth-order valence-electron chi connectivity index (χ4n) is 3.28. The van der Waals surface area contributed by atoms with E-state index in [2.05, 4.69) is 0 Å². The standard InChI is InChI=1S/C21H25NO4S/c1-4-26-17-10-6-5-9-16(17)21-22(19(23)12-13-27-21)14-15-8-7-11-18(24-2)20(15)25-3/h5-11,21H,4,12-14H2,1-3H3. The predicted molar refractivity (Wildman–Crippen MR) is 108 cm³/mol. The van der Waals surface area contributed by atoms with Gasteiger partial charge in [-0.1, -0.05) is 30.3 Å². The number of hydrogen-bond acceptors (Lipinski definition) is 5. The minimum Gasteiger partial charge on any atom is -0.493 e. The second-order valence-corrected chi connectivity index (χ2v) is 7.31. The van der Waals surface area contributed by atoms with Crippen molar-refractivity contribution >= 4 is 17.7 Å². The number of nitrogens with zero attached hydrogens (tertiary/aromatic N) is 1. The fraction of sp³-hybridized carbons (Fsp3) is 0.381. The van der Waals surface area contributed by atoms with Crippen molar-refractivity contribution in [3.63, 3.8) is 0 Å². The van der Waals surface area contributed by atoms with Crippen molar-refractivity contribution in [1.29, 1.82) is 0 Å². The van der Waals surface area contributed by atoms with Crippen LogP contribution in [0, 0.1) is 0 Å². The van der Waals surface area contributed by atoms with Crippen LogP contribution >= 0.6 is 11.8 Å². The number of hydrogen-bond donors (Lipinski definition) is 0. The highest BCUT2D eigenvalue weighted by atomic mass is 32.2. The Balaban J connectivity index is 1.96. The molecule has 144 valence electrons. The third-order valence-corrected chi connectivity index (χ3v) is 5.77. The molecule has 2 aromatic carbocycles. The lowest BCUT2D eigenvalue weighted by Crippen LogP contribution is -2.37. The van der Waals surface area contributed by atoms with Crippen LogP contribution in [-0.4, -0.2) is 37.4 Å². The molecule has 0 radical (unpaired) electrons. The summed E-state index contributed by atoms with van der Waals surface area (Å²) in [5.74, 6) is 3.10. The van der Waals surface area contributed by atoms with E-state index in [0.29, 0.717) is 31.1 Å². The molecular weight excluding hydrogens is 362 g/mol. The Hall–Kier alpha value is -2.34. The first-order valence-corrected chi connectivity index (χ1v) is 10.1. The number of thioether (sulfide) groups is 1. The van der Waals surface area contributed by atoms with Crippen molar-refractivity contribution in [3.05, 3.63) is 53.6 Å². The zero-order valence-corrected chi connectivity index (χ0v) is 16.8. The van der Waals surface area contributed by atoms with E-state index >= 15 is 0 Å². The maximum atomic E-state index is 12.8. The van der Waals surface area contributed by atoms with E-state index in [0.717, 1.165) is 22.6 Å². The molecule has 1 heterocycles. The molecule has 5 nitrogen and oxygen atoms in total. The van der Waals surface area contributed by atoms with Crippen molar-refractivity contribution in [1.82, 2.24) is 4.90 Å². The molecular formula is C21H25NO4S. The Bertz CT molecular complexity index is 796. The number of benzene rings is 2. The molecule has 0 aliphatic carbocycles. The maximum Gasteiger partial charge on any atom is 0.224 e. The Morgan fingerprint density at radius 2 is 1.85 bits per heavy atom. The summed E-state index contributed by atoms with van der Waals surface area (Å²) in [5.41, 5.74) is 1.95.